The average molecular weight is 590 g/mol. The van der Waals surface area contributed by atoms with Crippen LogP contribution >= 0.6 is 11.6 Å². The predicted molar refractivity (Wildman–Crippen MR) is 138 cm³/mol. The van der Waals surface area contributed by atoms with Crippen LogP contribution in [0.2, 0.25) is 5.02 Å². The Morgan fingerprint density at radius 3 is 2.41 bits per heavy atom. The molecule has 0 fully saturated rings. The van der Waals surface area contributed by atoms with Crippen LogP contribution in [0.5, 0.6) is 0 Å². The minimum atomic E-state index is -5.08. The van der Waals surface area contributed by atoms with Gasteiger partial charge >= 0.3 is 12.1 Å². The summed E-state index contributed by atoms with van der Waals surface area (Å²) in [6.07, 6.45) is -1.89. The molecule has 3 heterocycles. The summed E-state index contributed by atoms with van der Waals surface area (Å²) in [6, 6.07) is 8.00. The van der Waals surface area contributed by atoms with E-state index >= 15 is 4.39 Å². The molecule has 3 aromatic rings. The van der Waals surface area contributed by atoms with Gasteiger partial charge in [-0.3, -0.25) is 4.99 Å². The Labute approximate surface area is 226 Å². The van der Waals surface area contributed by atoms with Gasteiger partial charge in [0.2, 0.25) is 0 Å². The molecule has 0 unspecified atom stereocenters. The summed E-state index contributed by atoms with van der Waals surface area (Å²) in [4.78, 5) is 17.7. The standard InChI is InChI=1S/C21H23ClFN7OS.C2HF3O2/c1-20(2)19(24)27-21(3,12-32(20,31)25-4)15-9-13(5-7-16(15)23)17-11-30(29-28-17)18-8-6-14(22)10-26-18;3-2(4,5)1(6)7/h5-11H,12H2,1-4H3,(H2,24,27);(H,6,7)/t21-,32+;/m0./s1. The Bertz CT molecular complexity index is 1550. The molecule has 39 heavy (non-hydrogen) atoms. The number of amidine groups is 1. The molecule has 0 aliphatic carbocycles. The summed E-state index contributed by atoms with van der Waals surface area (Å²) in [5.41, 5.74) is 6.46. The van der Waals surface area contributed by atoms with Gasteiger partial charge < -0.3 is 10.8 Å². The van der Waals surface area contributed by atoms with Crippen molar-refractivity contribution in [1.82, 2.24) is 20.0 Å². The van der Waals surface area contributed by atoms with Gasteiger partial charge in [-0.15, -0.1) is 5.10 Å². The third-order valence-electron chi connectivity index (χ3n) is 6.08. The van der Waals surface area contributed by atoms with Gasteiger partial charge in [0.25, 0.3) is 0 Å². The van der Waals surface area contributed by atoms with Crippen LogP contribution in [0.1, 0.15) is 26.3 Å². The van der Waals surface area contributed by atoms with E-state index in [-0.39, 0.29) is 17.2 Å². The highest BCUT2D eigenvalue weighted by Crippen LogP contribution is 2.39. The molecule has 3 N–H and O–H groups in total. The number of aromatic nitrogens is 4. The molecule has 16 heteroatoms. The van der Waals surface area contributed by atoms with Crippen LogP contribution in [0.4, 0.5) is 17.6 Å². The van der Waals surface area contributed by atoms with Crippen LogP contribution in [0.25, 0.3) is 17.1 Å². The summed E-state index contributed by atoms with van der Waals surface area (Å²) in [7, 11) is -1.29. The van der Waals surface area contributed by atoms with Crippen molar-refractivity contribution in [3.05, 3.63) is 59.1 Å². The zero-order valence-corrected chi connectivity index (χ0v) is 22.6. The Hall–Kier alpha value is -3.59. The van der Waals surface area contributed by atoms with Crippen LogP contribution in [0, 0.1) is 5.82 Å². The van der Waals surface area contributed by atoms with Gasteiger partial charge in [-0.2, -0.15) is 13.2 Å². The number of aliphatic carboxylic acids is 1. The second kappa shape index (κ2) is 10.5. The van der Waals surface area contributed by atoms with Gasteiger partial charge in [-0.1, -0.05) is 16.8 Å². The van der Waals surface area contributed by atoms with Gasteiger partial charge in [0.05, 0.1) is 26.7 Å². The predicted octanol–water partition coefficient (Wildman–Crippen LogP) is 4.22. The monoisotopic (exact) mass is 589 g/mol. The molecule has 0 amide bonds. The van der Waals surface area contributed by atoms with E-state index in [4.69, 9.17) is 27.2 Å². The number of carboxylic acids is 1. The first-order chi connectivity index (χ1) is 17.9. The zero-order chi connectivity index (χ0) is 29.4. The molecule has 0 bridgehead atoms. The molecule has 0 saturated carbocycles. The van der Waals surface area contributed by atoms with Crippen LogP contribution < -0.4 is 5.73 Å². The normalized spacial score (nSPS) is 22.3. The second-order valence-electron chi connectivity index (χ2n) is 9.13. The second-order valence-corrected chi connectivity index (χ2v) is 12.5. The number of halogens is 5. The van der Waals surface area contributed by atoms with E-state index in [1.807, 2.05) is 0 Å². The minimum Gasteiger partial charge on any atom is -0.475 e. The lowest BCUT2D eigenvalue weighted by Crippen LogP contribution is -2.54. The maximum absolute atomic E-state index is 15.0. The van der Waals surface area contributed by atoms with Crippen LogP contribution in [-0.4, -0.2) is 64.8 Å². The number of nitrogens with zero attached hydrogens (tertiary/aromatic N) is 6. The lowest BCUT2D eigenvalue weighted by atomic mass is 9.91. The number of carbonyl (C=O) groups is 1. The van der Waals surface area contributed by atoms with Crippen molar-refractivity contribution in [2.24, 2.45) is 15.1 Å². The van der Waals surface area contributed by atoms with E-state index in [0.717, 1.165) is 0 Å². The number of carboxylic acid groups (broad SMARTS) is 1. The molecular formula is C23H24ClF4N7O3S. The number of benzene rings is 1. The third kappa shape index (κ3) is 6.03. The quantitative estimate of drug-likeness (QED) is 0.434. The van der Waals surface area contributed by atoms with Crippen molar-refractivity contribution in [2.75, 3.05) is 12.8 Å². The van der Waals surface area contributed by atoms with Crippen molar-refractivity contribution in [3.8, 4) is 17.1 Å². The molecule has 210 valence electrons. The molecule has 0 radical (unpaired) electrons. The van der Waals surface area contributed by atoms with E-state index in [1.165, 1.54) is 24.0 Å². The SMILES string of the molecule is CN=[S@@]1(=O)C[C@@](C)(c2cc(-c3cn(-c4ccc(Cl)cn4)nn3)ccc2F)N=C(N)C1(C)C.O=C(O)C(F)(F)F. The van der Waals surface area contributed by atoms with Gasteiger partial charge in [0.15, 0.2) is 5.82 Å². The number of hydrogen-bond acceptors (Lipinski definition) is 8. The number of rotatable bonds is 3. The fraction of sp³-hybridized carbons (Fsp3) is 0.348. The molecule has 0 spiro atoms. The number of hydrogen-bond donors (Lipinski definition) is 2. The molecular weight excluding hydrogens is 566 g/mol. The van der Waals surface area contributed by atoms with Crippen LogP contribution in [0.15, 0.2) is 52.1 Å². The lowest BCUT2D eigenvalue weighted by molar-refractivity contribution is -0.192. The maximum Gasteiger partial charge on any atom is 0.490 e. The average Bonchev–Trinajstić information content (AvgIpc) is 3.33. The van der Waals surface area contributed by atoms with Crippen LogP contribution in [0.3, 0.4) is 0 Å². The largest absolute Gasteiger partial charge is 0.490 e. The first-order valence-corrected chi connectivity index (χ1v) is 13.1. The molecule has 1 aromatic carbocycles. The molecule has 10 nitrogen and oxygen atoms in total. The van der Waals surface area contributed by atoms with Crippen molar-refractivity contribution < 1.29 is 31.7 Å². The summed E-state index contributed by atoms with van der Waals surface area (Å²) in [6.45, 7) is 5.21. The number of pyridine rings is 1. The van der Waals surface area contributed by atoms with E-state index < -0.39 is 38.0 Å². The topological polar surface area (TPSA) is 149 Å². The van der Waals surface area contributed by atoms with Crippen LogP contribution in [-0.2, 0) is 20.1 Å². The molecule has 4 rings (SSSR count). The third-order valence-corrected chi connectivity index (χ3v) is 9.65. The minimum absolute atomic E-state index is 0.0476. The van der Waals surface area contributed by atoms with Gasteiger partial charge in [0.1, 0.15) is 27.6 Å². The van der Waals surface area contributed by atoms with Gasteiger partial charge in [0, 0.05) is 24.4 Å². The first kappa shape index (κ1) is 30.0. The highest BCUT2D eigenvalue weighted by Gasteiger charge is 2.47. The van der Waals surface area contributed by atoms with E-state index in [2.05, 4.69) is 24.7 Å². The Balaban J connectivity index is 0.000000532. The van der Waals surface area contributed by atoms with Crippen molar-refractivity contribution >= 4 is 33.1 Å². The smallest absolute Gasteiger partial charge is 0.475 e. The highest BCUT2D eigenvalue weighted by molar-refractivity contribution is 7.95. The summed E-state index contributed by atoms with van der Waals surface area (Å²) in [5, 5.41) is 15.9. The molecule has 2 atom stereocenters. The lowest BCUT2D eigenvalue weighted by Gasteiger charge is -2.40. The maximum atomic E-state index is 15.0. The fourth-order valence-corrected chi connectivity index (χ4v) is 6.11. The van der Waals surface area contributed by atoms with Gasteiger partial charge in [-0.25, -0.2) is 27.4 Å². The molecule has 0 saturated heterocycles. The summed E-state index contributed by atoms with van der Waals surface area (Å²) < 4.78 is 65.1. The van der Waals surface area contributed by atoms with Crippen molar-refractivity contribution in [1.29, 1.82) is 0 Å². The Kier molecular flexibility index (Phi) is 8.08. The summed E-state index contributed by atoms with van der Waals surface area (Å²) in [5.74, 6) is -2.46. The number of aliphatic imine (C=N–C) groups is 1. The van der Waals surface area contributed by atoms with Crippen molar-refractivity contribution in [3.63, 3.8) is 0 Å². The summed E-state index contributed by atoms with van der Waals surface area (Å²) >= 11 is 5.89. The zero-order valence-electron chi connectivity index (χ0n) is 21.1. The Morgan fingerprint density at radius 1 is 1.23 bits per heavy atom. The van der Waals surface area contributed by atoms with E-state index in [9.17, 15) is 17.4 Å². The van der Waals surface area contributed by atoms with Crippen molar-refractivity contribution in [2.45, 2.75) is 37.2 Å². The molecule has 1 aliphatic rings. The fourth-order valence-electron chi connectivity index (χ4n) is 3.70. The van der Waals surface area contributed by atoms with E-state index in [0.29, 0.717) is 22.1 Å². The van der Waals surface area contributed by atoms with Gasteiger partial charge in [-0.05, 0) is 51.1 Å². The number of alkyl halides is 3. The van der Waals surface area contributed by atoms with E-state index in [1.54, 1.807) is 51.2 Å². The number of nitrogens with two attached hydrogens (primary N) is 1. The first-order valence-electron chi connectivity index (χ1n) is 11.1. The molecule has 2 aromatic heterocycles. The Morgan fingerprint density at radius 2 is 1.87 bits per heavy atom. The molecule has 1 aliphatic heterocycles. The highest BCUT2D eigenvalue weighted by atomic mass is 35.5.